The standard InChI is InChI=1S/C12H20BrN3O/c1-4-9-11(13)10(15(3)14-9)6-16-7-12(17,5-2)8-16/h17H,4-8H2,1-3H3. The molecule has 0 aliphatic carbocycles. The molecule has 0 aromatic carbocycles. The molecular weight excluding hydrogens is 282 g/mol. The van der Waals surface area contributed by atoms with Crippen LogP contribution in [0.15, 0.2) is 4.47 Å². The number of aliphatic hydroxyl groups is 1. The Balaban J connectivity index is 2.03. The molecule has 0 bridgehead atoms. The van der Waals surface area contributed by atoms with Crippen LogP contribution in [0, 0.1) is 0 Å². The maximum Gasteiger partial charge on any atom is 0.0897 e. The molecule has 0 saturated carbocycles. The van der Waals surface area contributed by atoms with Gasteiger partial charge < -0.3 is 5.11 Å². The predicted octanol–water partition coefficient (Wildman–Crippen LogP) is 1.70. The number of aryl methyl sites for hydroxylation is 2. The van der Waals surface area contributed by atoms with Gasteiger partial charge >= 0.3 is 0 Å². The molecule has 0 atom stereocenters. The Labute approximate surface area is 111 Å². The van der Waals surface area contributed by atoms with Crippen molar-refractivity contribution in [3.63, 3.8) is 0 Å². The monoisotopic (exact) mass is 301 g/mol. The van der Waals surface area contributed by atoms with Gasteiger partial charge in [-0.15, -0.1) is 0 Å². The molecule has 1 aromatic heterocycles. The van der Waals surface area contributed by atoms with Crippen LogP contribution < -0.4 is 0 Å². The van der Waals surface area contributed by atoms with Crippen LogP contribution in [0.5, 0.6) is 0 Å². The largest absolute Gasteiger partial charge is 0.387 e. The molecule has 1 aromatic rings. The number of β-amino-alcohol motifs (C(OH)–C–C–N with tert-alkyl or cyclic N) is 1. The lowest BCUT2D eigenvalue weighted by atomic mass is 9.91. The van der Waals surface area contributed by atoms with E-state index in [1.165, 1.54) is 5.69 Å². The summed E-state index contributed by atoms with van der Waals surface area (Å²) in [6.45, 7) is 6.53. The van der Waals surface area contributed by atoms with Gasteiger partial charge in [0.15, 0.2) is 0 Å². The molecular formula is C12H20BrN3O. The fourth-order valence-electron chi connectivity index (χ4n) is 2.32. The number of hydrogen-bond acceptors (Lipinski definition) is 3. The van der Waals surface area contributed by atoms with Crippen LogP contribution in [-0.4, -0.2) is 38.5 Å². The number of likely N-dealkylation sites (tertiary alicyclic amines) is 1. The molecule has 1 fully saturated rings. The summed E-state index contributed by atoms with van der Waals surface area (Å²) in [6.07, 6.45) is 1.77. The highest BCUT2D eigenvalue weighted by molar-refractivity contribution is 9.10. The van der Waals surface area contributed by atoms with Crippen molar-refractivity contribution in [2.45, 2.75) is 38.8 Å². The Kier molecular flexibility index (Phi) is 3.61. The minimum atomic E-state index is -0.460. The normalized spacial score (nSPS) is 19.4. The van der Waals surface area contributed by atoms with E-state index in [0.717, 1.165) is 42.6 Å². The van der Waals surface area contributed by atoms with Crippen molar-refractivity contribution in [2.24, 2.45) is 7.05 Å². The molecule has 0 unspecified atom stereocenters. The van der Waals surface area contributed by atoms with Gasteiger partial charge in [-0.1, -0.05) is 13.8 Å². The van der Waals surface area contributed by atoms with Crippen LogP contribution in [0.25, 0.3) is 0 Å². The molecule has 2 heterocycles. The molecule has 0 radical (unpaired) electrons. The second kappa shape index (κ2) is 4.71. The second-order valence-electron chi connectivity index (χ2n) is 4.91. The van der Waals surface area contributed by atoms with E-state index < -0.39 is 5.60 Å². The van der Waals surface area contributed by atoms with E-state index in [9.17, 15) is 5.11 Å². The highest BCUT2D eigenvalue weighted by atomic mass is 79.9. The van der Waals surface area contributed by atoms with Gasteiger partial charge in [0.25, 0.3) is 0 Å². The first kappa shape index (κ1) is 13.1. The topological polar surface area (TPSA) is 41.3 Å². The SMILES string of the molecule is CCc1nn(C)c(CN2CC(O)(CC)C2)c1Br. The summed E-state index contributed by atoms with van der Waals surface area (Å²) in [5, 5.41) is 14.5. The van der Waals surface area contributed by atoms with Gasteiger partial charge in [0.1, 0.15) is 0 Å². The molecule has 96 valence electrons. The number of nitrogens with zero attached hydrogens (tertiary/aromatic N) is 3. The Morgan fingerprint density at radius 1 is 1.41 bits per heavy atom. The van der Waals surface area contributed by atoms with Crippen molar-refractivity contribution in [3.05, 3.63) is 15.9 Å². The zero-order valence-corrected chi connectivity index (χ0v) is 12.3. The summed E-state index contributed by atoms with van der Waals surface area (Å²) in [4.78, 5) is 2.25. The third-order valence-electron chi connectivity index (χ3n) is 3.57. The highest BCUT2D eigenvalue weighted by Crippen LogP contribution is 2.29. The van der Waals surface area contributed by atoms with Gasteiger partial charge in [0.05, 0.1) is 21.5 Å². The molecule has 1 aliphatic rings. The molecule has 4 nitrogen and oxygen atoms in total. The van der Waals surface area contributed by atoms with Crippen molar-refractivity contribution in [2.75, 3.05) is 13.1 Å². The summed E-state index contributed by atoms with van der Waals surface area (Å²) in [6, 6.07) is 0. The molecule has 1 saturated heterocycles. The fraction of sp³-hybridized carbons (Fsp3) is 0.750. The number of rotatable bonds is 4. The highest BCUT2D eigenvalue weighted by Gasteiger charge is 2.39. The van der Waals surface area contributed by atoms with Gasteiger partial charge in [0.2, 0.25) is 0 Å². The lowest BCUT2D eigenvalue weighted by Crippen LogP contribution is -2.60. The zero-order valence-electron chi connectivity index (χ0n) is 10.7. The van der Waals surface area contributed by atoms with Gasteiger partial charge in [-0.3, -0.25) is 9.58 Å². The Bertz CT molecular complexity index is 410. The van der Waals surface area contributed by atoms with Crippen molar-refractivity contribution in [1.82, 2.24) is 14.7 Å². The zero-order chi connectivity index (χ0) is 12.6. The van der Waals surface area contributed by atoms with Crippen molar-refractivity contribution >= 4 is 15.9 Å². The average Bonchev–Trinajstić information content (AvgIpc) is 2.53. The van der Waals surface area contributed by atoms with Gasteiger partial charge in [0, 0.05) is 26.7 Å². The summed E-state index contributed by atoms with van der Waals surface area (Å²) in [7, 11) is 1.98. The molecule has 1 N–H and O–H groups in total. The molecule has 17 heavy (non-hydrogen) atoms. The molecule has 5 heteroatoms. The predicted molar refractivity (Wildman–Crippen MR) is 70.8 cm³/mol. The minimum Gasteiger partial charge on any atom is -0.387 e. The molecule has 1 aliphatic heterocycles. The first-order chi connectivity index (χ1) is 7.99. The third-order valence-corrected chi connectivity index (χ3v) is 4.49. The smallest absolute Gasteiger partial charge is 0.0897 e. The summed E-state index contributed by atoms with van der Waals surface area (Å²) < 4.78 is 3.06. The molecule has 0 spiro atoms. The van der Waals surface area contributed by atoms with Crippen molar-refractivity contribution < 1.29 is 5.11 Å². The quantitative estimate of drug-likeness (QED) is 0.920. The third kappa shape index (κ3) is 2.41. The van der Waals surface area contributed by atoms with E-state index >= 15 is 0 Å². The van der Waals surface area contributed by atoms with Gasteiger partial charge in [-0.25, -0.2) is 0 Å². The number of hydrogen-bond donors (Lipinski definition) is 1. The lowest BCUT2D eigenvalue weighted by Gasteiger charge is -2.46. The van der Waals surface area contributed by atoms with Crippen molar-refractivity contribution in [1.29, 1.82) is 0 Å². The van der Waals surface area contributed by atoms with Gasteiger partial charge in [-0.05, 0) is 28.8 Å². The van der Waals surface area contributed by atoms with E-state index in [-0.39, 0.29) is 0 Å². The summed E-state index contributed by atoms with van der Waals surface area (Å²) in [5.41, 5.74) is 1.84. The van der Waals surface area contributed by atoms with Gasteiger partial charge in [-0.2, -0.15) is 5.10 Å². The molecule has 0 amide bonds. The van der Waals surface area contributed by atoms with E-state index in [4.69, 9.17) is 0 Å². The Morgan fingerprint density at radius 3 is 2.53 bits per heavy atom. The lowest BCUT2D eigenvalue weighted by molar-refractivity contribution is -0.104. The summed E-state index contributed by atoms with van der Waals surface area (Å²) >= 11 is 3.62. The first-order valence-electron chi connectivity index (χ1n) is 6.14. The Morgan fingerprint density at radius 2 is 2.06 bits per heavy atom. The maximum atomic E-state index is 9.98. The van der Waals surface area contributed by atoms with Crippen molar-refractivity contribution in [3.8, 4) is 0 Å². The Hall–Kier alpha value is -0.390. The maximum absolute atomic E-state index is 9.98. The first-order valence-corrected chi connectivity index (χ1v) is 6.93. The van der Waals surface area contributed by atoms with Crippen LogP contribution in [0.2, 0.25) is 0 Å². The average molecular weight is 302 g/mol. The fourth-order valence-corrected chi connectivity index (χ4v) is 3.07. The van der Waals surface area contributed by atoms with E-state index in [2.05, 4.69) is 32.9 Å². The van der Waals surface area contributed by atoms with Crippen LogP contribution in [0.3, 0.4) is 0 Å². The van der Waals surface area contributed by atoms with E-state index in [0.29, 0.717) is 0 Å². The second-order valence-corrected chi connectivity index (χ2v) is 5.70. The van der Waals surface area contributed by atoms with Crippen LogP contribution in [-0.2, 0) is 20.0 Å². The van der Waals surface area contributed by atoms with E-state index in [1.54, 1.807) is 0 Å². The number of aromatic nitrogens is 2. The van der Waals surface area contributed by atoms with Crippen LogP contribution in [0.4, 0.5) is 0 Å². The summed E-state index contributed by atoms with van der Waals surface area (Å²) in [5.74, 6) is 0. The van der Waals surface area contributed by atoms with Crippen LogP contribution >= 0.6 is 15.9 Å². The number of halogens is 1. The molecule has 2 rings (SSSR count). The van der Waals surface area contributed by atoms with E-state index in [1.807, 2.05) is 18.7 Å². The van der Waals surface area contributed by atoms with Crippen LogP contribution in [0.1, 0.15) is 31.7 Å². The minimum absolute atomic E-state index is 0.460.